The van der Waals surface area contributed by atoms with Crippen molar-refractivity contribution in [1.29, 1.82) is 0 Å². The Bertz CT molecular complexity index is 715. The van der Waals surface area contributed by atoms with Crippen molar-refractivity contribution < 1.29 is 13.2 Å². The second-order valence-corrected chi connectivity index (χ2v) is 10.7. The fraction of sp³-hybridized carbons (Fsp3) is 0.722. The fourth-order valence-corrected chi connectivity index (χ4v) is 7.01. The minimum absolute atomic E-state index is 0.0115. The molecule has 6 heteroatoms. The third kappa shape index (κ3) is 3.90. The van der Waals surface area contributed by atoms with Gasteiger partial charge in [0, 0.05) is 28.2 Å². The Kier molecular flexibility index (Phi) is 5.45. The van der Waals surface area contributed by atoms with Gasteiger partial charge in [-0.3, -0.25) is 4.79 Å². The van der Waals surface area contributed by atoms with Gasteiger partial charge in [-0.25, -0.2) is 8.42 Å². The molecule has 0 N–H and O–H groups in total. The molecule has 1 aromatic heterocycles. The lowest BCUT2D eigenvalue weighted by Crippen LogP contribution is -2.15. The van der Waals surface area contributed by atoms with Crippen molar-refractivity contribution in [3.63, 3.8) is 0 Å². The number of aromatic nitrogens is 1. The molecule has 2 heterocycles. The van der Waals surface area contributed by atoms with Crippen LogP contribution in [0.4, 0.5) is 0 Å². The lowest BCUT2D eigenvalue weighted by Gasteiger charge is -2.20. The highest BCUT2D eigenvalue weighted by Gasteiger charge is 2.31. The average molecular weight is 370 g/mol. The maximum absolute atomic E-state index is 12.7. The topological polar surface area (TPSA) is 56.1 Å². The number of hydrogen-bond donors (Lipinski definition) is 0. The molecule has 3 rings (SSSR count). The number of carbonyl (C=O) groups excluding carboxylic acids is 1. The molecule has 1 aliphatic carbocycles. The van der Waals surface area contributed by atoms with Crippen LogP contribution in [-0.2, 0) is 9.84 Å². The predicted molar refractivity (Wildman–Crippen MR) is 99.9 cm³/mol. The molecule has 1 saturated heterocycles. The smallest absolute Gasteiger partial charge is 0.174 e. The van der Waals surface area contributed by atoms with E-state index in [0.29, 0.717) is 17.4 Å². The van der Waals surface area contributed by atoms with E-state index in [2.05, 4.69) is 4.57 Å². The summed E-state index contributed by atoms with van der Waals surface area (Å²) in [6.07, 6.45) is 7.03. The van der Waals surface area contributed by atoms with Crippen LogP contribution in [0.3, 0.4) is 0 Å². The van der Waals surface area contributed by atoms with Gasteiger partial charge in [0.25, 0.3) is 0 Å². The Morgan fingerprint density at radius 3 is 2.54 bits per heavy atom. The van der Waals surface area contributed by atoms with Crippen molar-refractivity contribution in [2.75, 3.05) is 17.3 Å². The van der Waals surface area contributed by atoms with Crippen molar-refractivity contribution in [3.8, 4) is 0 Å². The van der Waals surface area contributed by atoms with E-state index >= 15 is 0 Å². The first-order valence-electron chi connectivity index (χ1n) is 8.91. The first-order valence-corrected chi connectivity index (χ1v) is 11.8. The van der Waals surface area contributed by atoms with Crippen LogP contribution in [0, 0.1) is 13.8 Å². The van der Waals surface area contributed by atoms with Gasteiger partial charge in [0.2, 0.25) is 0 Å². The monoisotopic (exact) mass is 369 g/mol. The van der Waals surface area contributed by atoms with Gasteiger partial charge in [0.15, 0.2) is 15.6 Å². The molecule has 2 fully saturated rings. The molecule has 2 aliphatic rings. The standard InChI is InChI=1S/C18H27NO3S2/c1-13-10-17(18(20)11-23-16-6-4-3-5-7-16)14(2)19(13)15-8-9-24(21,22)12-15/h10,15-16H,3-9,11-12H2,1-2H3. The van der Waals surface area contributed by atoms with E-state index in [1.807, 2.05) is 19.9 Å². The third-order valence-electron chi connectivity index (χ3n) is 5.36. The van der Waals surface area contributed by atoms with Crippen molar-refractivity contribution in [2.45, 2.75) is 63.7 Å². The van der Waals surface area contributed by atoms with E-state index in [1.165, 1.54) is 32.1 Å². The predicted octanol–water partition coefficient (Wildman–Crippen LogP) is 3.71. The number of aryl methyl sites for hydroxylation is 1. The number of rotatable bonds is 5. The van der Waals surface area contributed by atoms with Gasteiger partial charge >= 0.3 is 0 Å². The number of Topliss-reactive ketones (excluding diaryl/α,β-unsaturated/α-hetero) is 1. The van der Waals surface area contributed by atoms with Crippen LogP contribution in [0.15, 0.2) is 6.07 Å². The molecule has 1 aliphatic heterocycles. The molecule has 4 nitrogen and oxygen atoms in total. The Morgan fingerprint density at radius 2 is 1.92 bits per heavy atom. The number of hydrogen-bond acceptors (Lipinski definition) is 4. The Hall–Kier alpha value is -0.750. The van der Waals surface area contributed by atoms with Crippen molar-refractivity contribution in [3.05, 3.63) is 23.0 Å². The van der Waals surface area contributed by atoms with Gasteiger partial charge in [-0.15, -0.1) is 0 Å². The molecule has 0 spiro atoms. The van der Waals surface area contributed by atoms with Crippen LogP contribution >= 0.6 is 11.8 Å². The summed E-state index contributed by atoms with van der Waals surface area (Å²) in [5.74, 6) is 1.19. The van der Waals surface area contributed by atoms with E-state index in [1.54, 1.807) is 11.8 Å². The van der Waals surface area contributed by atoms with E-state index in [-0.39, 0.29) is 23.3 Å². The van der Waals surface area contributed by atoms with Crippen LogP contribution < -0.4 is 0 Å². The second kappa shape index (κ2) is 7.24. The molecular formula is C18H27NO3S2. The van der Waals surface area contributed by atoms with Crippen LogP contribution in [-0.4, -0.2) is 41.3 Å². The summed E-state index contributed by atoms with van der Waals surface area (Å²) < 4.78 is 25.6. The van der Waals surface area contributed by atoms with Gasteiger partial charge in [0.05, 0.1) is 17.3 Å². The number of carbonyl (C=O) groups is 1. The van der Waals surface area contributed by atoms with Crippen LogP contribution in [0.2, 0.25) is 0 Å². The summed E-state index contributed by atoms with van der Waals surface area (Å²) in [4.78, 5) is 12.7. The van der Waals surface area contributed by atoms with E-state index in [4.69, 9.17) is 0 Å². The summed E-state index contributed by atoms with van der Waals surface area (Å²) in [5.41, 5.74) is 2.71. The first-order chi connectivity index (χ1) is 11.4. The average Bonchev–Trinajstić information content (AvgIpc) is 3.05. The van der Waals surface area contributed by atoms with Crippen LogP contribution in [0.25, 0.3) is 0 Å². The van der Waals surface area contributed by atoms with Gasteiger partial charge < -0.3 is 4.57 Å². The molecule has 1 atom stereocenters. The largest absolute Gasteiger partial charge is 0.344 e. The van der Waals surface area contributed by atoms with Crippen molar-refractivity contribution in [2.24, 2.45) is 0 Å². The normalized spacial score (nSPS) is 24.3. The highest BCUT2D eigenvalue weighted by atomic mass is 32.2. The summed E-state index contributed by atoms with van der Waals surface area (Å²) in [6, 6.07) is 1.94. The minimum Gasteiger partial charge on any atom is -0.344 e. The molecule has 134 valence electrons. The molecular weight excluding hydrogens is 342 g/mol. The van der Waals surface area contributed by atoms with Gasteiger partial charge in [-0.1, -0.05) is 19.3 Å². The number of nitrogens with zero attached hydrogens (tertiary/aromatic N) is 1. The quantitative estimate of drug-likeness (QED) is 0.743. The Balaban J connectivity index is 1.70. The van der Waals surface area contributed by atoms with E-state index in [0.717, 1.165) is 17.0 Å². The van der Waals surface area contributed by atoms with Crippen LogP contribution in [0.1, 0.15) is 66.3 Å². The van der Waals surface area contributed by atoms with Crippen molar-refractivity contribution in [1.82, 2.24) is 4.57 Å². The maximum Gasteiger partial charge on any atom is 0.174 e. The zero-order valence-corrected chi connectivity index (χ0v) is 16.2. The highest BCUT2D eigenvalue weighted by molar-refractivity contribution is 8.00. The molecule has 1 unspecified atom stereocenters. The molecule has 0 radical (unpaired) electrons. The summed E-state index contributed by atoms with van der Waals surface area (Å²) in [5, 5.41) is 0.631. The molecule has 0 amide bonds. The molecule has 0 bridgehead atoms. The van der Waals surface area contributed by atoms with Crippen molar-refractivity contribution >= 4 is 27.4 Å². The zero-order valence-electron chi connectivity index (χ0n) is 14.6. The third-order valence-corrected chi connectivity index (χ3v) is 8.48. The highest BCUT2D eigenvalue weighted by Crippen LogP contribution is 2.31. The van der Waals surface area contributed by atoms with Crippen LogP contribution in [0.5, 0.6) is 0 Å². The lowest BCUT2D eigenvalue weighted by atomic mass is 10.0. The van der Waals surface area contributed by atoms with Gasteiger partial charge in [-0.2, -0.15) is 11.8 Å². The zero-order chi connectivity index (χ0) is 17.3. The minimum atomic E-state index is -2.92. The molecule has 1 aromatic rings. The van der Waals surface area contributed by atoms with E-state index < -0.39 is 9.84 Å². The van der Waals surface area contributed by atoms with Gasteiger partial charge in [0.1, 0.15) is 0 Å². The number of thioether (sulfide) groups is 1. The van der Waals surface area contributed by atoms with E-state index in [9.17, 15) is 13.2 Å². The van der Waals surface area contributed by atoms with Gasteiger partial charge in [-0.05, 0) is 39.2 Å². The Labute approximate surface area is 149 Å². The summed E-state index contributed by atoms with van der Waals surface area (Å²) >= 11 is 1.80. The number of ketones is 1. The number of sulfone groups is 1. The lowest BCUT2D eigenvalue weighted by molar-refractivity contribution is 0.102. The summed E-state index contributed by atoms with van der Waals surface area (Å²) in [7, 11) is -2.92. The summed E-state index contributed by atoms with van der Waals surface area (Å²) in [6.45, 7) is 3.93. The maximum atomic E-state index is 12.7. The molecule has 1 saturated carbocycles. The second-order valence-electron chi connectivity index (χ2n) is 7.21. The first kappa shape index (κ1) is 18.1. The molecule has 0 aromatic carbocycles. The Morgan fingerprint density at radius 1 is 1.21 bits per heavy atom. The fourth-order valence-electron chi connectivity index (χ4n) is 4.10. The molecule has 24 heavy (non-hydrogen) atoms. The SMILES string of the molecule is Cc1cc(C(=O)CSC2CCCCC2)c(C)n1C1CCS(=O)(=O)C1.